The topological polar surface area (TPSA) is 83.5 Å². The summed E-state index contributed by atoms with van der Waals surface area (Å²) in [5.41, 5.74) is 9.28. The highest BCUT2D eigenvalue weighted by Gasteiger charge is 2.21. The molecular weight excluding hydrogens is 218 g/mol. The summed E-state index contributed by atoms with van der Waals surface area (Å²) < 4.78 is 0. The molecular formula is C13H17NO3. The Kier molecular flexibility index (Phi) is 3.33. The molecule has 0 amide bonds. The van der Waals surface area contributed by atoms with Crippen molar-refractivity contribution in [3.8, 4) is 5.75 Å². The summed E-state index contributed by atoms with van der Waals surface area (Å²) in [6, 6.07) is 3.63. The molecule has 17 heavy (non-hydrogen) atoms. The molecule has 0 bridgehead atoms. The molecule has 4 heteroatoms. The Labute approximate surface area is 100 Å². The van der Waals surface area contributed by atoms with Gasteiger partial charge in [-0.15, -0.1) is 0 Å². The molecule has 0 saturated carbocycles. The minimum atomic E-state index is -0.779. The number of hydrogen-bond donors (Lipinski definition) is 3. The van der Waals surface area contributed by atoms with Crippen molar-refractivity contribution in [1.82, 2.24) is 0 Å². The van der Waals surface area contributed by atoms with Crippen LogP contribution >= 0.6 is 0 Å². The molecule has 2 rings (SSSR count). The molecule has 0 aromatic heterocycles. The van der Waals surface area contributed by atoms with Crippen molar-refractivity contribution in [1.29, 1.82) is 0 Å². The molecule has 0 saturated heterocycles. The van der Waals surface area contributed by atoms with Crippen LogP contribution in [-0.4, -0.2) is 22.2 Å². The normalized spacial score (nSPS) is 18.1. The molecule has 0 spiro atoms. The van der Waals surface area contributed by atoms with Crippen molar-refractivity contribution in [2.45, 2.75) is 38.1 Å². The van der Waals surface area contributed by atoms with E-state index in [2.05, 4.69) is 0 Å². The van der Waals surface area contributed by atoms with E-state index in [1.54, 1.807) is 12.1 Å². The van der Waals surface area contributed by atoms with E-state index in [-0.39, 0.29) is 18.2 Å². The van der Waals surface area contributed by atoms with Crippen LogP contribution in [0.1, 0.15) is 29.5 Å². The average Bonchev–Trinajstić information content (AvgIpc) is 2.57. The number of carboxylic acids is 1. The predicted octanol–water partition coefficient (Wildman–Crippen LogP) is 1.23. The summed E-state index contributed by atoms with van der Waals surface area (Å²) in [4.78, 5) is 10.5. The molecule has 1 unspecified atom stereocenters. The van der Waals surface area contributed by atoms with Gasteiger partial charge in [-0.1, -0.05) is 0 Å². The molecule has 92 valence electrons. The maximum atomic E-state index is 10.5. The molecule has 1 atom stereocenters. The Hall–Kier alpha value is -1.55. The van der Waals surface area contributed by atoms with Crippen molar-refractivity contribution >= 4 is 5.97 Å². The van der Waals surface area contributed by atoms with Gasteiger partial charge in [0.15, 0.2) is 0 Å². The Morgan fingerprint density at radius 3 is 2.88 bits per heavy atom. The van der Waals surface area contributed by atoms with E-state index in [0.29, 0.717) is 12.8 Å². The fourth-order valence-electron chi connectivity index (χ4n) is 2.49. The standard InChI is InChI=1S/C13H17NO3/c14-10-4-9-6-11(15)5-8(12(9)7-10)2-1-3-13(16)17/h5-6,10,15H,1-4,7,14H2,(H,16,17). The average molecular weight is 235 g/mol. The first-order valence-electron chi connectivity index (χ1n) is 5.87. The van der Waals surface area contributed by atoms with Crippen LogP contribution in [0.3, 0.4) is 0 Å². The van der Waals surface area contributed by atoms with Gasteiger partial charge in [-0.25, -0.2) is 0 Å². The number of phenols is 1. The van der Waals surface area contributed by atoms with Crippen LogP contribution in [0.15, 0.2) is 12.1 Å². The summed E-state index contributed by atoms with van der Waals surface area (Å²) in [6.07, 6.45) is 3.08. The lowest BCUT2D eigenvalue weighted by molar-refractivity contribution is -0.137. The van der Waals surface area contributed by atoms with E-state index >= 15 is 0 Å². The van der Waals surface area contributed by atoms with Crippen LogP contribution in [0.25, 0.3) is 0 Å². The van der Waals surface area contributed by atoms with E-state index in [4.69, 9.17) is 10.8 Å². The number of rotatable bonds is 4. The number of aryl methyl sites for hydroxylation is 1. The third-order valence-corrected chi connectivity index (χ3v) is 3.20. The first-order valence-corrected chi connectivity index (χ1v) is 5.87. The number of carbonyl (C=O) groups is 1. The minimum absolute atomic E-state index is 0.130. The molecule has 1 aromatic carbocycles. The summed E-state index contributed by atoms with van der Waals surface area (Å²) in [5, 5.41) is 18.2. The number of aliphatic carboxylic acids is 1. The van der Waals surface area contributed by atoms with Crippen molar-refractivity contribution < 1.29 is 15.0 Å². The lowest BCUT2D eigenvalue weighted by Crippen LogP contribution is -2.19. The van der Waals surface area contributed by atoms with E-state index in [9.17, 15) is 9.90 Å². The second-order valence-corrected chi connectivity index (χ2v) is 4.66. The van der Waals surface area contributed by atoms with Gasteiger partial charge in [0.25, 0.3) is 0 Å². The monoisotopic (exact) mass is 235 g/mol. The largest absolute Gasteiger partial charge is 0.508 e. The number of phenolic OH excluding ortho intramolecular Hbond substituents is 1. The molecule has 1 aliphatic carbocycles. The molecule has 4 nitrogen and oxygen atoms in total. The Morgan fingerprint density at radius 1 is 1.41 bits per heavy atom. The van der Waals surface area contributed by atoms with Crippen molar-refractivity contribution in [2.75, 3.05) is 0 Å². The van der Waals surface area contributed by atoms with Gasteiger partial charge >= 0.3 is 5.97 Å². The highest BCUT2D eigenvalue weighted by atomic mass is 16.4. The van der Waals surface area contributed by atoms with Gasteiger partial charge in [0.2, 0.25) is 0 Å². The van der Waals surface area contributed by atoms with Crippen LogP contribution in [0.4, 0.5) is 0 Å². The highest BCUT2D eigenvalue weighted by molar-refractivity contribution is 5.66. The van der Waals surface area contributed by atoms with Crippen LogP contribution < -0.4 is 5.73 Å². The zero-order chi connectivity index (χ0) is 12.4. The van der Waals surface area contributed by atoms with Gasteiger partial charge in [-0.2, -0.15) is 0 Å². The van der Waals surface area contributed by atoms with Crippen LogP contribution in [-0.2, 0) is 24.1 Å². The number of aromatic hydroxyl groups is 1. The molecule has 0 heterocycles. The second kappa shape index (κ2) is 4.75. The summed E-state index contributed by atoms with van der Waals surface area (Å²) in [5.74, 6) is -0.526. The third-order valence-electron chi connectivity index (χ3n) is 3.20. The zero-order valence-electron chi connectivity index (χ0n) is 9.65. The lowest BCUT2D eigenvalue weighted by Gasteiger charge is -2.08. The maximum absolute atomic E-state index is 10.5. The van der Waals surface area contributed by atoms with Crippen LogP contribution in [0, 0.1) is 0 Å². The quantitative estimate of drug-likeness (QED) is 0.732. The lowest BCUT2D eigenvalue weighted by atomic mass is 9.98. The molecule has 4 N–H and O–H groups in total. The van der Waals surface area contributed by atoms with Crippen LogP contribution in [0.5, 0.6) is 5.75 Å². The molecule has 0 fully saturated rings. The van der Waals surface area contributed by atoms with Gasteiger partial charge < -0.3 is 15.9 Å². The number of nitrogens with two attached hydrogens (primary N) is 1. The SMILES string of the molecule is NC1Cc2cc(O)cc(CCCC(=O)O)c2C1. The first kappa shape index (κ1) is 11.9. The van der Waals surface area contributed by atoms with E-state index < -0.39 is 5.97 Å². The van der Waals surface area contributed by atoms with Gasteiger partial charge in [-0.05, 0) is 54.5 Å². The van der Waals surface area contributed by atoms with E-state index in [0.717, 1.165) is 24.0 Å². The fourth-order valence-corrected chi connectivity index (χ4v) is 2.49. The number of hydrogen-bond acceptors (Lipinski definition) is 3. The minimum Gasteiger partial charge on any atom is -0.508 e. The number of benzene rings is 1. The van der Waals surface area contributed by atoms with Crippen molar-refractivity contribution in [3.63, 3.8) is 0 Å². The van der Waals surface area contributed by atoms with Crippen LogP contribution in [0.2, 0.25) is 0 Å². The zero-order valence-corrected chi connectivity index (χ0v) is 9.65. The molecule has 1 aliphatic rings. The van der Waals surface area contributed by atoms with Gasteiger partial charge in [-0.3, -0.25) is 4.79 Å². The van der Waals surface area contributed by atoms with Gasteiger partial charge in [0.05, 0.1) is 0 Å². The molecule has 0 aliphatic heterocycles. The van der Waals surface area contributed by atoms with Gasteiger partial charge in [0, 0.05) is 12.5 Å². The molecule has 1 aromatic rings. The highest BCUT2D eigenvalue weighted by Crippen LogP contribution is 2.30. The van der Waals surface area contributed by atoms with E-state index in [1.807, 2.05) is 0 Å². The summed E-state index contributed by atoms with van der Waals surface area (Å²) >= 11 is 0. The summed E-state index contributed by atoms with van der Waals surface area (Å²) in [7, 11) is 0. The summed E-state index contributed by atoms with van der Waals surface area (Å²) in [6.45, 7) is 0. The fraction of sp³-hybridized carbons (Fsp3) is 0.462. The number of carboxylic acid groups (broad SMARTS) is 1. The predicted molar refractivity (Wildman–Crippen MR) is 64.1 cm³/mol. The smallest absolute Gasteiger partial charge is 0.303 e. The number of fused-ring (bicyclic) bond motifs is 1. The Bertz CT molecular complexity index is 443. The molecule has 0 radical (unpaired) electrons. The Balaban J connectivity index is 2.14. The maximum Gasteiger partial charge on any atom is 0.303 e. The Morgan fingerprint density at radius 2 is 2.18 bits per heavy atom. The van der Waals surface area contributed by atoms with E-state index in [1.165, 1.54) is 5.56 Å². The third kappa shape index (κ3) is 2.77. The first-order chi connectivity index (χ1) is 8.06. The van der Waals surface area contributed by atoms with Crippen molar-refractivity contribution in [2.24, 2.45) is 5.73 Å². The van der Waals surface area contributed by atoms with Crippen molar-refractivity contribution in [3.05, 3.63) is 28.8 Å². The van der Waals surface area contributed by atoms with Gasteiger partial charge in [0.1, 0.15) is 5.75 Å². The second-order valence-electron chi connectivity index (χ2n) is 4.66.